The van der Waals surface area contributed by atoms with Crippen molar-refractivity contribution in [2.24, 2.45) is 11.7 Å². The molecular formula is C16H21N3O3. The average molecular weight is 303 g/mol. The molecule has 0 radical (unpaired) electrons. The van der Waals surface area contributed by atoms with E-state index in [-0.39, 0.29) is 17.4 Å². The molecule has 0 fully saturated rings. The minimum absolute atomic E-state index is 0.206. The molecule has 4 N–H and O–H groups in total. The quantitative estimate of drug-likeness (QED) is 0.757. The summed E-state index contributed by atoms with van der Waals surface area (Å²) < 4.78 is 5.30. The third-order valence-electron chi connectivity index (χ3n) is 3.13. The number of phenolic OH excluding ortho intramolecular Hbond substituents is 1. The second-order valence-corrected chi connectivity index (χ2v) is 5.65. The standard InChI is InChI=1S/C16H21N3O3/c1-10(2)8-18-15(21)14-9-22-16(19-14)13(17)7-11-3-5-12(20)6-4-11/h3-6,9-10,13,20H,7-8,17H2,1-2H3,(H,18,21). The van der Waals surface area contributed by atoms with E-state index in [0.717, 1.165) is 5.56 Å². The van der Waals surface area contributed by atoms with E-state index in [1.54, 1.807) is 24.3 Å². The molecule has 6 heteroatoms. The lowest BCUT2D eigenvalue weighted by atomic mass is 10.1. The lowest BCUT2D eigenvalue weighted by Crippen LogP contribution is -2.27. The molecule has 1 aromatic heterocycles. The first-order valence-electron chi connectivity index (χ1n) is 7.23. The molecule has 0 bridgehead atoms. The van der Waals surface area contributed by atoms with Crippen LogP contribution in [0.5, 0.6) is 5.75 Å². The monoisotopic (exact) mass is 303 g/mol. The first-order valence-corrected chi connectivity index (χ1v) is 7.23. The van der Waals surface area contributed by atoms with Gasteiger partial charge in [-0.05, 0) is 30.0 Å². The van der Waals surface area contributed by atoms with Gasteiger partial charge in [0.1, 0.15) is 12.0 Å². The van der Waals surface area contributed by atoms with Crippen molar-refractivity contribution in [1.29, 1.82) is 0 Å². The van der Waals surface area contributed by atoms with E-state index in [0.29, 0.717) is 24.8 Å². The highest BCUT2D eigenvalue weighted by Gasteiger charge is 2.17. The Morgan fingerprint density at radius 3 is 2.68 bits per heavy atom. The summed E-state index contributed by atoms with van der Waals surface area (Å²) in [5.41, 5.74) is 7.24. The van der Waals surface area contributed by atoms with Gasteiger partial charge in [-0.15, -0.1) is 0 Å². The van der Waals surface area contributed by atoms with Crippen molar-refractivity contribution in [2.45, 2.75) is 26.3 Å². The van der Waals surface area contributed by atoms with Crippen LogP contribution in [-0.2, 0) is 6.42 Å². The maximum Gasteiger partial charge on any atom is 0.273 e. The Hall–Kier alpha value is -2.34. The second-order valence-electron chi connectivity index (χ2n) is 5.65. The maximum absolute atomic E-state index is 11.9. The second kappa shape index (κ2) is 7.09. The van der Waals surface area contributed by atoms with Crippen LogP contribution in [0.1, 0.15) is 41.8 Å². The molecule has 0 aliphatic rings. The molecule has 0 aliphatic heterocycles. The van der Waals surface area contributed by atoms with Crippen LogP contribution in [-0.4, -0.2) is 22.5 Å². The number of aromatic nitrogens is 1. The first kappa shape index (κ1) is 16.0. The maximum atomic E-state index is 11.9. The Balaban J connectivity index is 1.98. The molecule has 22 heavy (non-hydrogen) atoms. The van der Waals surface area contributed by atoms with Crippen molar-refractivity contribution >= 4 is 5.91 Å². The van der Waals surface area contributed by atoms with Gasteiger partial charge in [-0.3, -0.25) is 4.79 Å². The summed E-state index contributed by atoms with van der Waals surface area (Å²) in [5, 5.41) is 12.0. The van der Waals surface area contributed by atoms with Crippen molar-refractivity contribution in [3.63, 3.8) is 0 Å². The number of carbonyl (C=O) groups excluding carboxylic acids is 1. The number of aromatic hydroxyl groups is 1. The fraction of sp³-hybridized carbons (Fsp3) is 0.375. The highest BCUT2D eigenvalue weighted by molar-refractivity contribution is 5.91. The van der Waals surface area contributed by atoms with E-state index >= 15 is 0 Å². The Morgan fingerprint density at radius 2 is 2.05 bits per heavy atom. The Bertz CT molecular complexity index is 620. The van der Waals surface area contributed by atoms with E-state index in [4.69, 9.17) is 10.2 Å². The number of phenols is 1. The molecule has 1 aromatic carbocycles. The number of oxazole rings is 1. The molecule has 2 rings (SSSR count). The normalized spacial score (nSPS) is 12.4. The van der Waals surface area contributed by atoms with Gasteiger partial charge in [0.2, 0.25) is 5.89 Å². The number of nitrogens with zero attached hydrogens (tertiary/aromatic N) is 1. The topological polar surface area (TPSA) is 101 Å². The molecule has 1 unspecified atom stereocenters. The van der Waals surface area contributed by atoms with E-state index < -0.39 is 6.04 Å². The fourth-order valence-corrected chi connectivity index (χ4v) is 1.92. The van der Waals surface area contributed by atoms with Crippen LogP contribution in [0.2, 0.25) is 0 Å². The van der Waals surface area contributed by atoms with Gasteiger partial charge in [0.15, 0.2) is 5.69 Å². The van der Waals surface area contributed by atoms with Crippen molar-refractivity contribution in [1.82, 2.24) is 10.3 Å². The Labute approximate surface area is 129 Å². The molecule has 0 saturated carbocycles. The lowest BCUT2D eigenvalue weighted by Gasteiger charge is -2.07. The van der Waals surface area contributed by atoms with E-state index in [1.165, 1.54) is 6.26 Å². The van der Waals surface area contributed by atoms with Crippen molar-refractivity contribution in [3.05, 3.63) is 47.7 Å². The smallest absolute Gasteiger partial charge is 0.273 e. The van der Waals surface area contributed by atoms with Gasteiger partial charge in [0.25, 0.3) is 5.91 Å². The number of carbonyl (C=O) groups is 1. The number of hydrogen-bond acceptors (Lipinski definition) is 5. The predicted octanol–water partition coefficient (Wildman–Crippen LogP) is 2.01. The van der Waals surface area contributed by atoms with Crippen LogP contribution >= 0.6 is 0 Å². The van der Waals surface area contributed by atoms with Crippen LogP contribution in [0.3, 0.4) is 0 Å². The van der Waals surface area contributed by atoms with Crippen molar-refractivity contribution in [2.75, 3.05) is 6.54 Å². The number of benzene rings is 1. The zero-order chi connectivity index (χ0) is 16.1. The molecule has 1 atom stereocenters. The largest absolute Gasteiger partial charge is 0.508 e. The van der Waals surface area contributed by atoms with Gasteiger partial charge >= 0.3 is 0 Å². The van der Waals surface area contributed by atoms with E-state index in [1.807, 2.05) is 13.8 Å². The summed E-state index contributed by atoms with van der Waals surface area (Å²) in [6, 6.07) is 6.32. The minimum atomic E-state index is -0.448. The summed E-state index contributed by atoms with van der Waals surface area (Å²) in [6.07, 6.45) is 1.83. The van der Waals surface area contributed by atoms with Gasteiger partial charge in [-0.2, -0.15) is 0 Å². The molecule has 118 valence electrons. The number of amides is 1. The number of rotatable bonds is 6. The molecule has 2 aromatic rings. The summed E-state index contributed by atoms with van der Waals surface area (Å²) in [7, 11) is 0. The van der Waals surface area contributed by atoms with Gasteiger partial charge in [-0.25, -0.2) is 4.98 Å². The van der Waals surface area contributed by atoms with E-state index in [9.17, 15) is 9.90 Å². The van der Waals surface area contributed by atoms with Crippen LogP contribution in [0, 0.1) is 5.92 Å². The highest BCUT2D eigenvalue weighted by atomic mass is 16.3. The molecular weight excluding hydrogens is 282 g/mol. The van der Waals surface area contributed by atoms with Crippen molar-refractivity contribution in [3.8, 4) is 5.75 Å². The van der Waals surface area contributed by atoms with Gasteiger partial charge in [0, 0.05) is 6.54 Å². The molecule has 6 nitrogen and oxygen atoms in total. The Morgan fingerprint density at radius 1 is 1.36 bits per heavy atom. The zero-order valence-electron chi connectivity index (χ0n) is 12.7. The third kappa shape index (κ3) is 4.33. The summed E-state index contributed by atoms with van der Waals surface area (Å²) in [6.45, 7) is 4.62. The molecule has 0 spiro atoms. The lowest BCUT2D eigenvalue weighted by molar-refractivity contribution is 0.0944. The predicted molar refractivity (Wildman–Crippen MR) is 82.4 cm³/mol. The summed E-state index contributed by atoms with van der Waals surface area (Å²) in [5.74, 6) is 0.632. The highest BCUT2D eigenvalue weighted by Crippen LogP contribution is 2.18. The van der Waals surface area contributed by atoms with Crippen LogP contribution < -0.4 is 11.1 Å². The number of hydrogen-bond donors (Lipinski definition) is 3. The van der Waals surface area contributed by atoms with Gasteiger partial charge in [0.05, 0.1) is 6.04 Å². The van der Waals surface area contributed by atoms with Crippen LogP contribution in [0.4, 0.5) is 0 Å². The molecule has 0 aliphatic carbocycles. The first-order chi connectivity index (χ1) is 10.5. The molecule has 1 heterocycles. The third-order valence-corrected chi connectivity index (χ3v) is 3.13. The summed E-state index contributed by atoms with van der Waals surface area (Å²) >= 11 is 0. The molecule has 1 amide bonds. The van der Waals surface area contributed by atoms with Gasteiger partial charge < -0.3 is 20.6 Å². The van der Waals surface area contributed by atoms with Crippen LogP contribution in [0.25, 0.3) is 0 Å². The van der Waals surface area contributed by atoms with Crippen LogP contribution in [0.15, 0.2) is 34.9 Å². The van der Waals surface area contributed by atoms with Crippen molar-refractivity contribution < 1.29 is 14.3 Å². The SMILES string of the molecule is CC(C)CNC(=O)c1coc(C(N)Cc2ccc(O)cc2)n1. The zero-order valence-corrected chi connectivity index (χ0v) is 12.7. The average Bonchev–Trinajstić information content (AvgIpc) is 2.97. The number of nitrogens with one attached hydrogen (secondary N) is 1. The fourth-order valence-electron chi connectivity index (χ4n) is 1.92. The minimum Gasteiger partial charge on any atom is -0.508 e. The van der Waals surface area contributed by atoms with E-state index in [2.05, 4.69) is 10.3 Å². The summed E-state index contributed by atoms with van der Waals surface area (Å²) in [4.78, 5) is 16.0. The number of nitrogens with two attached hydrogens (primary N) is 1. The molecule has 0 saturated heterocycles. The Kier molecular flexibility index (Phi) is 5.16. The van der Waals surface area contributed by atoms with Gasteiger partial charge in [-0.1, -0.05) is 26.0 Å².